The average Bonchev–Trinajstić information content (AvgIpc) is 2.50. The Hall–Kier alpha value is 0.650. The van der Waals surface area contributed by atoms with Crippen LogP contribution in [-0.2, 0) is 0 Å². The van der Waals surface area contributed by atoms with Gasteiger partial charge in [0.2, 0.25) is 0 Å². The third kappa shape index (κ3) is 15.5. The van der Waals surface area contributed by atoms with Gasteiger partial charge in [0.15, 0.2) is 0 Å². The Balaban J connectivity index is 3.24. The van der Waals surface area contributed by atoms with Crippen LogP contribution in [-0.4, -0.2) is 28.2 Å². The zero-order valence-corrected chi connectivity index (χ0v) is 17.4. The third-order valence-corrected chi connectivity index (χ3v) is 5.85. The molecule has 0 heterocycles. The summed E-state index contributed by atoms with van der Waals surface area (Å²) in [6, 6.07) is 0. The van der Waals surface area contributed by atoms with Crippen LogP contribution in [0.3, 0.4) is 0 Å². The normalized spacial score (nSPS) is 14.5. The van der Waals surface area contributed by atoms with Gasteiger partial charge in [0.25, 0.3) is 0 Å². The summed E-state index contributed by atoms with van der Waals surface area (Å²) in [7, 11) is 0. The van der Waals surface area contributed by atoms with Gasteiger partial charge in [0, 0.05) is 10.5 Å². The number of aliphatic hydroxyl groups is 1. The lowest BCUT2D eigenvalue weighted by Gasteiger charge is -2.12. The van der Waals surface area contributed by atoms with Gasteiger partial charge in [0.05, 0.1) is 6.10 Å². The summed E-state index contributed by atoms with van der Waals surface area (Å²) < 4.78 is 0.786. The molecule has 2 atom stereocenters. The lowest BCUT2D eigenvalue weighted by molar-refractivity contribution is 0.191. The Morgan fingerprint density at radius 3 is 1.95 bits per heavy atom. The Morgan fingerprint density at radius 1 is 0.864 bits per heavy atom. The van der Waals surface area contributed by atoms with Crippen molar-refractivity contribution >= 4 is 22.6 Å². The molecule has 0 amide bonds. The Kier molecular flexibility index (Phi) is 17.0. The highest BCUT2D eigenvalue weighted by Crippen LogP contribution is 2.19. The standard InChI is InChI=1S/C19H40INO/c1-4-18(5-2)12-10-8-6-7-9-11-13-19(20)14-15-21-16-17(3)22/h17-19,21-22H,4-16H2,1-3H3. The molecule has 0 rings (SSSR count). The van der Waals surface area contributed by atoms with E-state index in [0.717, 1.165) is 22.9 Å². The molecule has 0 aromatic carbocycles. The van der Waals surface area contributed by atoms with Crippen molar-refractivity contribution in [3.05, 3.63) is 0 Å². The fraction of sp³-hybridized carbons (Fsp3) is 1.00. The molecule has 0 aliphatic carbocycles. The molecule has 0 aromatic heterocycles. The van der Waals surface area contributed by atoms with Crippen LogP contribution in [0.5, 0.6) is 0 Å². The molecule has 0 fully saturated rings. The maximum Gasteiger partial charge on any atom is 0.0636 e. The van der Waals surface area contributed by atoms with E-state index < -0.39 is 0 Å². The maximum atomic E-state index is 9.17. The number of alkyl halides is 1. The predicted molar refractivity (Wildman–Crippen MR) is 108 cm³/mol. The van der Waals surface area contributed by atoms with E-state index in [2.05, 4.69) is 41.8 Å². The molecule has 2 nitrogen and oxygen atoms in total. The van der Waals surface area contributed by atoms with Crippen molar-refractivity contribution in [3.8, 4) is 0 Å². The molecule has 0 aromatic rings. The monoisotopic (exact) mass is 425 g/mol. The number of aliphatic hydroxyl groups excluding tert-OH is 1. The van der Waals surface area contributed by atoms with E-state index >= 15 is 0 Å². The van der Waals surface area contributed by atoms with Gasteiger partial charge in [-0.25, -0.2) is 0 Å². The first-order valence-corrected chi connectivity index (χ1v) is 10.9. The first kappa shape index (κ1) is 22.6. The van der Waals surface area contributed by atoms with Gasteiger partial charge < -0.3 is 10.4 Å². The number of nitrogens with one attached hydrogen (secondary N) is 1. The topological polar surface area (TPSA) is 32.3 Å². The van der Waals surface area contributed by atoms with Gasteiger partial charge in [-0.2, -0.15) is 0 Å². The second kappa shape index (κ2) is 16.5. The minimum absolute atomic E-state index is 0.224. The van der Waals surface area contributed by atoms with E-state index in [0.29, 0.717) is 0 Å². The summed E-state index contributed by atoms with van der Waals surface area (Å²) in [5, 5.41) is 12.5. The summed E-state index contributed by atoms with van der Waals surface area (Å²) in [6.07, 6.45) is 15.0. The summed E-state index contributed by atoms with van der Waals surface area (Å²) in [4.78, 5) is 0. The van der Waals surface area contributed by atoms with Crippen molar-refractivity contribution in [3.63, 3.8) is 0 Å². The number of unbranched alkanes of at least 4 members (excludes halogenated alkanes) is 5. The Morgan fingerprint density at radius 2 is 1.41 bits per heavy atom. The van der Waals surface area contributed by atoms with Crippen molar-refractivity contribution in [1.82, 2.24) is 5.32 Å². The zero-order valence-electron chi connectivity index (χ0n) is 15.2. The van der Waals surface area contributed by atoms with Crippen LogP contribution in [0, 0.1) is 5.92 Å². The molecule has 0 aliphatic heterocycles. The molecule has 0 radical (unpaired) electrons. The van der Waals surface area contributed by atoms with Gasteiger partial charge >= 0.3 is 0 Å². The average molecular weight is 425 g/mol. The summed E-state index contributed by atoms with van der Waals surface area (Å²) in [5.74, 6) is 0.974. The van der Waals surface area contributed by atoms with Crippen molar-refractivity contribution in [2.24, 2.45) is 5.92 Å². The van der Waals surface area contributed by atoms with Crippen molar-refractivity contribution in [2.75, 3.05) is 13.1 Å². The van der Waals surface area contributed by atoms with Crippen LogP contribution >= 0.6 is 22.6 Å². The molecular formula is C19H40INO. The van der Waals surface area contributed by atoms with Gasteiger partial charge in [-0.1, -0.05) is 94.2 Å². The Bertz CT molecular complexity index is 219. The number of hydrogen-bond donors (Lipinski definition) is 2. The lowest BCUT2D eigenvalue weighted by atomic mass is 9.95. The molecule has 2 unspecified atom stereocenters. The van der Waals surface area contributed by atoms with E-state index in [1.165, 1.54) is 70.6 Å². The first-order chi connectivity index (χ1) is 10.6. The molecule has 0 aliphatic rings. The van der Waals surface area contributed by atoms with Crippen LogP contribution < -0.4 is 5.32 Å². The molecule has 22 heavy (non-hydrogen) atoms. The van der Waals surface area contributed by atoms with Crippen LogP contribution in [0.4, 0.5) is 0 Å². The van der Waals surface area contributed by atoms with Gasteiger partial charge in [-0.3, -0.25) is 0 Å². The van der Waals surface area contributed by atoms with Crippen molar-refractivity contribution in [2.45, 2.75) is 101 Å². The smallest absolute Gasteiger partial charge is 0.0636 e. The zero-order chi connectivity index (χ0) is 16.6. The first-order valence-electron chi connectivity index (χ1n) is 9.62. The summed E-state index contributed by atoms with van der Waals surface area (Å²) in [6.45, 7) is 8.25. The quantitative estimate of drug-likeness (QED) is 0.189. The highest BCUT2D eigenvalue weighted by Gasteiger charge is 2.05. The minimum Gasteiger partial charge on any atom is -0.392 e. The summed E-state index contributed by atoms with van der Waals surface area (Å²) in [5.41, 5.74) is 0. The van der Waals surface area contributed by atoms with Gasteiger partial charge in [-0.15, -0.1) is 0 Å². The molecule has 2 N–H and O–H groups in total. The highest BCUT2D eigenvalue weighted by atomic mass is 127. The van der Waals surface area contributed by atoms with Crippen molar-refractivity contribution < 1.29 is 5.11 Å². The molecule has 134 valence electrons. The van der Waals surface area contributed by atoms with Crippen LogP contribution in [0.25, 0.3) is 0 Å². The largest absolute Gasteiger partial charge is 0.392 e. The Labute approximate surface area is 153 Å². The van der Waals surface area contributed by atoms with Crippen molar-refractivity contribution in [1.29, 1.82) is 0 Å². The molecule has 3 heteroatoms. The van der Waals surface area contributed by atoms with Crippen LogP contribution in [0.2, 0.25) is 0 Å². The lowest BCUT2D eigenvalue weighted by Crippen LogP contribution is -2.26. The van der Waals surface area contributed by atoms with E-state index in [9.17, 15) is 5.11 Å². The van der Waals surface area contributed by atoms with E-state index in [1.54, 1.807) is 0 Å². The van der Waals surface area contributed by atoms with Gasteiger partial charge in [-0.05, 0) is 32.2 Å². The van der Waals surface area contributed by atoms with Gasteiger partial charge in [0.1, 0.15) is 0 Å². The number of hydrogen-bond acceptors (Lipinski definition) is 2. The molecule has 0 saturated heterocycles. The number of rotatable bonds is 16. The second-order valence-corrected chi connectivity index (χ2v) is 8.58. The number of halogens is 1. The highest BCUT2D eigenvalue weighted by molar-refractivity contribution is 14.1. The van der Waals surface area contributed by atoms with Crippen LogP contribution in [0.1, 0.15) is 91.4 Å². The SMILES string of the molecule is CCC(CC)CCCCCCCCC(I)CCNCC(C)O. The molecule has 0 bridgehead atoms. The van der Waals surface area contributed by atoms with E-state index in [-0.39, 0.29) is 6.10 Å². The van der Waals surface area contributed by atoms with E-state index in [1.807, 2.05) is 6.92 Å². The maximum absolute atomic E-state index is 9.17. The fourth-order valence-corrected chi connectivity index (χ4v) is 3.67. The second-order valence-electron chi connectivity index (χ2n) is 6.82. The predicted octanol–water partition coefficient (Wildman–Crippen LogP) is 5.71. The third-order valence-electron chi connectivity index (χ3n) is 4.61. The molecular weight excluding hydrogens is 385 g/mol. The molecule has 0 spiro atoms. The van der Waals surface area contributed by atoms with Crippen LogP contribution in [0.15, 0.2) is 0 Å². The molecule has 0 saturated carbocycles. The fourth-order valence-electron chi connectivity index (χ4n) is 2.92. The van der Waals surface area contributed by atoms with E-state index in [4.69, 9.17) is 0 Å². The summed E-state index contributed by atoms with van der Waals surface area (Å²) >= 11 is 2.59. The minimum atomic E-state index is -0.224.